The number of rotatable bonds is 6. The highest BCUT2D eigenvalue weighted by Crippen LogP contribution is 2.33. The number of benzene rings is 1. The van der Waals surface area contributed by atoms with E-state index in [4.69, 9.17) is 9.47 Å². The van der Waals surface area contributed by atoms with E-state index >= 15 is 0 Å². The maximum absolute atomic E-state index is 12.3. The summed E-state index contributed by atoms with van der Waals surface area (Å²) in [7, 11) is 0. The Balaban J connectivity index is 1.82. The Morgan fingerprint density at radius 3 is 2.72 bits per heavy atom. The van der Waals surface area contributed by atoms with Crippen LogP contribution in [-0.2, 0) is 11.3 Å². The molecule has 5 heteroatoms. The molecule has 25 heavy (non-hydrogen) atoms. The summed E-state index contributed by atoms with van der Waals surface area (Å²) >= 11 is 0. The summed E-state index contributed by atoms with van der Waals surface area (Å²) in [5.74, 6) is 2.17. The van der Waals surface area contributed by atoms with Crippen LogP contribution in [0.15, 0.2) is 12.1 Å². The van der Waals surface area contributed by atoms with Crippen LogP contribution in [0.25, 0.3) is 0 Å². The number of carbonyl (C=O) groups is 1. The van der Waals surface area contributed by atoms with E-state index in [1.165, 1.54) is 5.56 Å². The molecule has 2 heterocycles. The van der Waals surface area contributed by atoms with Crippen molar-refractivity contribution in [2.45, 2.75) is 52.6 Å². The maximum atomic E-state index is 12.3. The Kier molecular flexibility index (Phi) is 5.84. The van der Waals surface area contributed by atoms with E-state index in [1.807, 2.05) is 19.9 Å². The quantitative estimate of drug-likeness (QED) is 0.860. The van der Waals surface area contributed by atoms with Crippen molar-refractivity contribution in [3.8, 4) is 11.5 Å². The van der Waals surface area contributed by atoms with Gasteiger partial charge in [0, 0.05) is 36.8 Å². The Bertz CT molecular complexity index is 617. The van der Waals surface area contributed by atoms with Crippen LogP contribution in [0.5, 0.6) is 11.5 Å². The van der Waals surface area contributed by atoms with E-state index in [9.17, 15) is 4.79 Å². The molecule has 2 bridgehead atoms. The Morgan fingerprint density at radius 2 is 1.96 bits per heavy atom. The largest absolute Gasteiger partial charge is 0.493 e. The minimum Gasteiger partial charge on any atom is -0.493 e. The lowest BCUT2D eigenvalue weighted by Crippen LogP contribution is -2.38. The standard InChI is InChI=1S/C20H30N2O3/c1-4-24-18-10-9-15(19(14(18)3)25-5-2)11-22-12-16-7-6-8-17(13-22)21-20(16)23/h9-10,16-17H,4-8,11-13H2,1-3H3,(H,21,23)/t16-,17+/m0/s1. The third-order valence-electron chi connectivity index (χ3n) is 5.20. The molecular weight excluding hydrogens is 316 g/mol. The summed E-state index contributed by atoms with van der Waals surface area (Å²) in [6, 6.07) is 4.43. The molecule has 0 unspecified atom stereocenters. The zero-order chi connectivity index (χ0) is 17.8. The molecule has 1 N–H and O–H groups in total. The highest BCUT2D eigenvalue weighted by molar-refractivity contribution is 5.79. The van der Waals surface area contributed by atoms with Gasteiger partial charge in [-0.15, -0.1) is 0 Å². The van der Waals surface area contributed by atoms with Crippen LogP contribution in [0.2, 0.25) is 0 Å². The predicted molar refractivity (Wildman–Crippen MR) is 98.1 cm³/mol. The molecule has 2 saturated heterocycles. The Hall–Kier alpha value is -1.75. The van der Waals surface area contributed by atoms with Crippen LogP contribution in [0.3, 0.4) is 0 Å². The van der Waals surface area contributed by atoms with Crippen molar-refractivity contribution in [2.24, 2.45) is 5.92 Å². The van der Waals surface area contributed by atoms with Crippen molar-refractivity contribution in [3.05, 3.63) is 23.3 Å². The molecule has 2 aliphatic rings. The lowest BCUT2D eigenvalue weighted by molar-refractivity contribution is -0.124. The van der Waals surface area contributed by atoms with E-state index in [-0.39, 0.29) is 17.9 Å². The fraction of sp³-hybridized carbons (Fsp3) is 0.650. The molecule has 0 spiro atoms. The average Bonchev–Trinajstić information content (AvgIpc) is 2.82. The van der Waals surface area contributed by atoms with Crippen molar-refractivity contribution in [2.75, 3.05) is 26.3 Å². The predicted octanol–water partition coefficient (Wildman–Crippen LogP) is 2.89. The molecule has 2 atom stereocenters. The second-order valence-electron chi connectivity index (χ2n) is 7.07. The number of nitrogens with one attached hydrogen (secondary N) is 1. The molecule has 0 radical (unpaired) electrons. The SMILES string of the molecule is CCOc1ccc(CN2C[C@H]3CCC[C@@H](C2)C(=O)N3)c(OCC)c1C. The lowest BCUT2D eigenvalue weighted by Gasteiger charge is -2.28. The van der Waals surface area contributed by atoms with Crippen LogP contribution in [0, 0.1) is 12.8 Å². The average molecular weight is 346 g/mol. The van der Waals surface area contributed by atoms with Gasteiger partial charge in [0.2, 0.25) is 5.91 Å². The summed E-state index contributed by atoms with van der Waals surface area (Å²) in [6.07, 6.45) is 3.23. The molecule has 2 fully saturated rings. The van der Waals surface area contributed by atoms with Gasteiger partial charge in [-0.1, -0.05) is 12.5 Å². The number of ether oxygens (including phenoxy) is 2. The van der Waals surface area contributed by atoms with Gasteiger partial charge in [-0.3, -0.25) is 9.69 Å². The highest BCUT2D eigenvalue weighted by atomic mass is 16.5. The zero-order valence-corrected chi connectivity index (χ0v) is 15.6. The number of fused-ring (bicyclic) bond motifs is 3. The first kappa shape index (κ1) is 18.1. The number of amides is 1. The fourth-order valence-corrected chi connectivity index (χ4v) is 4.02. The van der Waals surface area contributed by atoms with Crippen LogP contribution in [0.1, 0.15) is 44.2 Å². The van der Waals surface area contributed by atoms with Gasteiger partial charge in [0.05, 0.1) is 19.1 Å². The van der Waals surface area contributed by atoms with Crippen molar-refractivity contribution >= 4 is 5.91 Å². The maximum Gasteiger partial charge on any atom is 0.224 e. The van der Waals surface area contributed by atoms with Crippen LogP contribution in [0.4, 0.5) is 0 Å². The first-order valence-electron chi connectivity index (χ1n) is 9.53. The summed E-state index contributed by atoms with van der Waals surface area (Å²) in [5.41, 5.74) is 2.24. The lowest BCUT2D eigenvalue weighted by atomic mass is 9.98. The zero-order valence-electron chi connectivity index (χ0n) is 15.6. The van der Waals surface area contributed by atoms with Gasteiger partial charge >= 0.3 is 0 Å². The van der Waals surface area contributed by atoms with Crippen LogP contribution >= 0.6 is 0 Å². The molecule has 138 valence electrons. The van der Waals surface area contributed by atoms with E-state index in [0.29, 0.717) is 13.2 Å². The van der Waals surface area contributed by atoms with Crippen molar-refractivity contribution in [1.82, 2.24) is 10.2 Å². The van der Waals surface area contributed by atoms with E-state index in [2.05, 4.69) is 23.2 Å². The van der Waals surface area contributed by atoms with Gasteiger partial charge in [-0.2, -0.15) is 0 Å². The number of nitrogens with zero attached hydrogens (tertiary/aromatic N) is 1. The minimum atomic E-state index is 0.117. The molecule has 2 aliphatic heterocycles. The third-order valence-corrected chi connectivity index (χ3v) is 5.20. The smallest absolute Gasteiger partial charge is 0.224 e. The molecule has 0 aromatic heterocycles. The molecule has 0 saturated carbocycles. The molecule has 1 amide bonds. The van der Waals surface area contributed by atoms with Crippen LogP contribution in [-0.4, -0.2) is 43.2 Å². The van der Waals surface area contributed by atoms with Gasteiger partial charge in [0.1, 0.15) is 11.5 Å². The molecule has 1 aromatic carbocycles. The second-order valence-corrected chi connectivity index (χ2v) is 7.07. The third kappa shape index (κ3) is 4.09. The van der Waals surface area contributed by atoms with Gasteiger partial charge in [0.25, 0.3) is 0 Å². The summed E-state index contributed by atoms with van der Waals surface area (Å²) in [6.45, 7) is 9.90. The van der Waals surface area contributed by atoms with Crippen molar-refractivity contribution < 1.29 is 14.3 Å². The Labute approximate surface area is 150 Å². The Morgan fingerprint density at radius 1 is 1.16 bits per heavy atom. The molecule has 3 rings (SSSR count). The topological polar surface area (TPSA) is 50.8 Å². The summed E-state index contributed by atoms with van der Waals surface area (Å²) in [4.78, 5) is 14.7. The van der Waals surface area contributed by atoms with E-state index < -0.39 is 0 Å². The van der Waals surface area contributed by atoms with Gasteiger partial charge < -0.3 is 14.8 Å². The second kappa shape index (κ2) is 8.09. The number of likely N-dealkylation sites (tertiary alicyclic amines) is 1. The van der Waals surface area contributed by atoms with Crippen molar-refractivity contribution in [3.63, 3.8) is 0 Å². The molecule has 0 aliphatic carbocycles. The van der Waals surface area contributed by atoms with Gasteiger partial charge in [-0.25, -0.2) is 0 Å². The first-order chi connectivity index (χ1) is 12.1. The summed E-state index contributed by atoms with van der Waals surface area (Å²) < 4.78 is 11.7. The number of carbonyl (C=O) groups excluding carboxylic acids is 1. The monoisotopic (exact) mass is 346 g/mol. The van der Waals surface area contributed by atoms with Gasteiger partial charge in [0.15, 0.2) is 0 Å². The summed E-state index contributed by atoms with van der Waals surface area (Å²) in [5, 5.41) is 3.20. The fourth-order valence-electron chi connectivity index (χ4n) is 4.02. The van der Waals surface area contributed by atoms with Gasteiger partial charge in [-0.05, 0) is 39.7 Å². The van der Waals surface area contributed by atoms with E-state index in [0.717, 1.165) is 56.0 Å². The van der Waals surface area contributed by atoms with Crippen LogP contribution < -0.4 is 14.8 Å². The highest BCUT2D eigenvalue weighted by Gasteiger charge is 2.32. The number of hydrogen-bond acceptors (Lipinski definition) is 4. The minimum absolute atomic E-state index is 0.117. The number of hydrogen-bond donors (Lipinski definition) is 1. The normalized spacial score (nSPS) is 23.7. The molecular formula is C20H30N2O3. The van der Waals surface area contributed by atoms with E-state index in [1.54, 1.807) is 0 Å². The first-order valence-corrected chi connectivity index (χ1v) is 9.53. The van der Waals surface area contributed by atoms with Crippen molar-refractivity contribution in [1.29, 1.82) is 0 Å². The molecule has 5 nitrogen and oxygen atoms in total. The molecule has 1 aromatic rings.